The highest BCUT2D eigenvalue weighted by molar-refractivity contribution is 5.05. The second-order valence-corrected chi connectivity index (χ2v) is 5.69. The van der Waals surface area contributed by atoms with Gasteiger partial charge in [-0.2, -0.15) is 0 Å². The van der Waals surface area contributed by atoms with Gasteiger partial charge in [0.05, 0.1) is 12.3 Å². The molecule has 0 amide bonds. The van der Waals surface area contributed by atoms with Gasteiger partial charge in [0.1, 0.15) is 5.76 Å². The van der Waals surface area contributed by atoms with Gasteiger partial charge in [-0.15, -0.1) is 0 Å². The van der Waals surface area contributed by atoms with Crippen LogP contribution < -0.4 is 5.32 Å². The summed E-state index contributed by atoms with van der Waals surface area (Å²) >= 11 is 0. The van der Waals surface area contributed by atoms with Crippen molar-refractivity contribution in [3.63, 3.8) is 0 Å². The van der Waals surface area contributed by atoms with Crippen molar-refractivity contribution < 1.29 is 4.42 Å². The minimum atomic E-state index is 0.334. The first-order valence-electron chi connectivity index (χ1n) is 7.14. The smallest absolute Gasteiger partial charge is 0.122 e. The Kier molecular flexibility index (Phi) is 4.84. The van der Waals surface area contributed by atoms with Crippen LogP contribution in [0.15, 0.2) is 22.8 Å². The third-order valence-corrected chi connectivity index (χ3v) is 4.21. The van der Waals surface area contributed by atoms with E-state index in [0.29, 0.717) is 12.1 Å². The zero-order valence-electron chi connectivity index (χ0n) is 11.9. The molecule has 3 heteroatoms. The molecule has 0 aromatic carbocycles. The monoisotopic (exact) mass is 250 g/mol. The lowest BCUT2D eigenvalue weighted by atomic mass is 10.1. The van der Waals surface area contributed by atoms with Crippen molar-refractivity contribution in [2.75, 3.05) is 20.6 Å². The SMILES string of the molecule is CCC1CCC(NCC(c2ccco2)N(C)C)C1. The van der Waals surface area contributed by atoms with E-state index in [9.17, 15) is 0 Å². The second kappa shape index (κ2) is 6.39. The maximum absolute atomic E-state index is 5.53. The summed E-state index contributed by atoms with van der Waals surface area (Å²) in [7, 11) is 4.22. The van der Waals surface area contributed by atoms with E-state index in [0.717, 1.165) is 18.2 Å². The molecule has 0 saturated heterocycles. The summed E-state index contributed by atoms with van der Waals surface area (Å²) < 4.78 is 5.53. The highest BCUT2D eigenvalue weighted by atomic mass is 16.3. The molecule has 0 spiro atoms. The predicted molar refractivity (Wildman–Crippen MR) is 74.6 cm³/mol. The van der Waals surface area contributed by atoms with Gasteiger partial charge in [0.15, 0.2) is 0 Å². The number of hydrogen-bond donors (Lipinski definition) is 1. The van der Waals surface area contributed by atoms with Gasteiger partial charge in [0.2, 0.25) is 0 Å². The van der Waals surface area contributed by atoms with E-state index in [-0.39, 0.29) is 0 Å². The lowest BCUT2D eigenvalue weighted by Crippen LogP contribution is -2.35. The van der Waals surface area contributed by atoms with Crippen LogP contribution in [0.4, 0.5) is 0 Å². The Morgan fingerprint density at radius 2 is 2.28 bits per heavy atom. The molecule has 1 aliphatic carbocycles. The van der Waals surface area contributed by atoms with Crippen LogP contribution >= 0.6 is 0 Å². The minimum Gasteiger partial charge on any atom is -0.468 e. The molecule has 1 fully saturated rings. The molecule has 2 rings (SSSR count). The second-order valence-electron chi connectivity index (χ2n) is 5.69. The van der Waals surface area contributed by atoms with Gasteiger partial charge in [-0.3, -0.25) is 4.90 Å². The quantitative estimate of drug-likeness (QED) is 0.841. The van der Waals surface area contributed by atoms with Crippen LogP contribution in [0.5, 0.6) is 0 Å². The van der Waals surface area contributed by atoms with Crippen molar-refractivity contribution in [2.24, 2.45) is 5.92 Å². The molecular weight excluding hydrogens is 224 g/mol. The minimum absolute atomic E-state index is 0.334. The number of furan rings is 1. The van der Waals surface area contributed by atoms with Gasteiger partial charge in [-0.1, -0.05) is 13.3 Å². The fraction of sp³-hybridized carbons (Fsp3) is 0.733. The normalized spacial score (nSPS) is 25.8. The third kappa shape index (κ3) is 3.36. The molecular formula is C15H26N2O. The van der Waals surface area contributed by atoms with E-state index in [4.69, 9.17) is 4.42 Å². The van der Waals surface area contributed by atoms with E-state index in [1.165, 1.54) is 25.7 Å². The van der Waals surface area contributed by atoms with Crippen molar-refractivity contribution in [2.45, 2.75) is 44.7 Å². The Morgan fingerprint density at radius 1 is 1.44 bits per heavy atom. The van der Waals surface area contributed by atoms with Crippen LogP contribution in [-0.4, -0.2) is 31.6 Å². The van der Waals surface area contributed by atoms with Crippen LogP contribution in [0.2, 0.25) is 0 Å². The molecule has 0 bridgehead atoms. The number of likely N-dealkylation sites (N-methyl/N-ethyl adjacent to an activating group) is 1. The third-order valence-electron chi connectivity index (χ3n) is 4.21. The Morgan fingerprint density at radius 3 is 2.83 bits per heavy atom. The fourth-order valence-corrected chi connectivity index (χ4v) is 2.93. The van der Waals surface area contributed by atoms with Crippen LogP contribution in [0, 0.1) is 5.92 Å². The van der Waals surface area contributed by atoms with Crippen molar-refractivity contribution in [3.8, 4) is 0 Å². The molecule has 1 N–H and O–H groups in total. The molecule has 1 aromatic rings. The maximum atomic E-state index is 5.53. The van der Waals surface area contributed by atoms with Crippen molar-refractivity contribution in [3.05, 3.63) is 24.2 Å². The largest absolute Gasteiger partial charge is 0.468 e. The summed E-state index contributed by atoms with van der Waals surface area (Å²) in [4.78, 5) is 2.22. The van der Waals surface area contributed by atoms with Crippen molar-refractivity contribution in [1.82, 2.24) is 10.2 Å². The molecule has 3 unspecified atom stereocenters. The van der Waals surface area contributed by atoms with Gasteiger partial charge in [-0.25, -0.2) is 0 Å². The summed E-state index contributed by atoms with van der Waals surface area (Å²) in [6.45, 7) is 3.28. The van der Waals surface area contributed by atoms with Gasteiger partial charge >= 0.3 is 0 Å². The van der Waals surface area contributed by atoms with Gasteiger partial charge in [-0.05, 0) is 51.4 Å². The van der Waals surface area contributed by atoms with Crippen molar-refractivity contribution >= 4 is 0 Å². The van der Waals surface area contributed by atoms with Crippen LogP contribution in [-0.2, 0) is 0 Å². The molecule has 0 aliphatic heterocycles. The Balaban J connectivity index is 1.84. The first-order valence-corrected chi connectivity index (χ1v) is 7.14. The molecule has 1 saturated carbocycles. The first-order chi connectivity index (χ1) is 8.70. The first kappa shape index (κ1) is 13.6. The summed E-state index contributed by atoms with van der Waals surface area (Å²) in [5.41, 5.74) is 0. The zero-order chi connectivity index (χ0) is 13.0. The number of rotatable bonds is 6. The summed E-state index contributed by atoms with van der Waals surface area (Å²) in [5, 5.41) is 3.71. The number of nitrogens with one attached hydrogen (secondary N) is 1. The topological polar surface area (TPSA) is 28.4 Å². The zero-order valence-corrected chi connectivity index (χ0v) is 11.9. The summed E-state index contributed by atoms with van der Waals surface area (Å²) in [5.74, 6) is 1.99. The highest BCUT2D eigenvalue weighted by Gasteiger charge is 2.25. The number of hydrogen-bond acceptors (Lipinski definition) is 3. The lowest BCUT2D eigenvalue weighted by Gasteiger charge is -2.24. The van der Waals surface area contributed by atoms with Crippen molar-refractivity contribution in [1.29, 1.82) is 0 Å². The average Bonchev–Trinajstić information content (AvgIpc) is 2.99. The summed E-state index contributed by atoms with van der Waals surface area (Å²) in [6.07, 6.45) is 7.15. The molecule has 1 aromatic heterocycles. The van der Waals surface area contributed by atoms with Crippen LogP contribution in [0.1, 0.15) is 44.4 Å². The fourth-order valence-electron chi connectivity index (χ4n) is 2.93. The van der Waals surface area contributed by atoms with E-state index >= 15 is 0 Å². The molecule has 1 aliphatic rings. The molecule has 18 heavy (non-hydrogen) atoms. The lowest BCUT2D eigenvalue weighted by molar-refractivity contribution is 0.243. The molecule has 0 radical (unpaired) electrons. The Hall–Kier alpha value is -0.800. The predicted octanol–water partition coefficient (Wildman–Crippen LogP) is 3.05. The van der Waals surface area contributed by atoms with E-state index in [1.54, 1.807) is 6.26 Å². The molecule has 102 valence electrons. The van der Waals surface area contributed by atoms with Crippen LogP contribution in [0.3, 0.4) is 0 Å². The van der Waals surface area contributed by atoms with Gasteiger partial charge < -0.3 is 9.73 Å². The Labute approximate surface area is 111 Å². The number of nitrogens with zero attached hydrogens (tertiary/aromatic N) is 1. The van der Waals surface area contributed by atoms with Crippen LogP contribution in [0.25, 0.3) is 0 Å². The van der Waals surface area contributed by atoms with Gasteiger partial charge in [0, 0.05) is 12.6 Å². The molecule has 3 nitrogen and oxygen atoms in total. The maximum Gasteiger partial charge on any atom is 0.122 e. The summed E-state index contributed by atoms with van der Waals surface area (Å²) in [6, 6.07) is 5.07. The van der Waals surface area contributed by atoms with E-state index < -0.39 is 0 Å². The van der Waals surface area contributed by atoms with E-state index in [1.807, 2.05) is 6.07 Å². The van der Waals surface area contributed by atoms with Gasteiger partial charge in [0.25, 0.3) is 0 Å². The highest BCUT2D eigenvalue weighted by Crippen LogP contribution is 2.28. The van der Waals surface area contributed by atoms with E-state index in [2.05, 4.69) is 37.3 Å². The molecule has 3 atom stereocenters. The standard InChI is InChI=1S/C15H26N2O/c1-4-12-7-8-13(10-12)16-11-14(17(2)3)15-6-5-9-18-15/h5-6,9,12-14,16H,4,7-8,10-11H2,1-3H3. The average molecular weight is 250 g/mol. The molecule has 1 heterocycles. The Bertz CT molecular complexity index is 334.